The molecule has 6 nitrogen and oxygen atoms in total. The van der Waals surface area contributed by atoms with Gasteiger partial charge in [-0.25, -0.2) is 4.79 Å². The van der Waals surface area contributed by atoms with Gasteiger partial charge in [-0.3, -0.25) is 14.9 Å². The molecule has 4 fully saturated rings. The summed E-state index contributed by atoms with van der Waals surface area (Å²) in [5.74, 6) is 1.43. The van der Waals surface area contributed by atoms with E-state index in [1.54, 1.807) is 0 Å². The highest BCUT2D eigenvalue weighted by atomic mass is 16.5. The number of esters is 1. The van der Waals surface area contributed by atoms with Gasteiger partial charge in [-0.15, -0.1) is 0 Å². The van der Waals surface area contributed by atoms with Crippen LogP contribution < -0.4 is 10.6 Å². The second-order valence-corrected chi connectivity index (χ2v) is 7.79. The third kappa shape index (κ3) is 3.51. The molecular formula is C17H26N2O4. The van der Waals surface area contributed by atoms with E-state index >= 15 is 0 Å². The molecule has 0 aliphatic heterocycles. The summed E-state index contributed by atoms with van der Waals surface area (Å²) in [6, 6.07) is -0.598. The van der Waals surface area contributed by atoms with E-state index < -0.39 is 18.0 Å². The van der Waals surface area contributed by atoms with Gasteiger partial charge < -0.3 is 10.1 Å². The van der Waals surface area contributed by atoms with Crippen molar-refractivity contribution in [2.45, 2.75) is 58.0 Å². The Hall–Kier alpha value is -1.59. The van der Waals surface area contributed by atoms with Crippen LogP contribution in [-0.2, 0) is 14.3 Å². The SMILES string of the molecule is CNC(=O)NC(=O)[C@@H](C)OC(=O)CC12CC3CC(CC(C3)C1)C2. The Kier molecular flexibility index (Phi) is 4.34. The maximum Gasteiger partial charge on any atom is 0.321 e. The lowest BCUT2D eigenvalue weighted by atomic mass is 9.49. The summed E-state index contributed by atoms with van der Waals surface area (Å²) < 4.78 is 5.27. The molecule has 0 spiro atoms. The molecule has 6 heteroatoms. The Labute approximate surface area is 136 Å². The molecule has 4 aliphatic carbocycles. The topological polar surface area (TPSA) is 84.5 Å². The Bertz CT molecular complexity index is 481. The molecule has 2 N–H and O–H groups in total. The van der Waals surface area contributed by atoms with Gasteiger partial charge in [-0.1, -0.05) is 0 Å². The quantitative estimate of drug-likeness (QED) is 0.775. The van der Waals surface area contributed by atoms with Crippen molar-refractivity contribution in [2.24, 2.45) is 23.2 Å². The van der Waals surface area contributed by atoms with E-state index in [4.69, 9.17) is 4.74 Å². The van der Waals surface area contributed by atoms with Gasteiger partial charge in [0.1, 0.15) is 0 Å². The predicted molar refractivity (Wildman–Crippen MR) is 83.4 cm³/mol. The molecule has 1 atom stereocenters. The fourth-order valence-electron chi connectivity index (χ4n) is 5.38. The zero-order valence-corrected chi connectivity index (χ0v) is 13.9. The van der Waals surface area contributed by atoms with Gasteiger partial charge in [0.2, 0.25) is 0 Å². The van der Waals surface area contributed by atoms with Crippen LogP contribution >= 0.6 is 0 Å². The Morgan fingerprint density at radius 2 is 1.61 bits per heavy atom. The first-order chi connectivity index (χ1) is 10.9. The molecule has 0 saturated heterocycles. The summed E-state index contributed by atoms with van der Waals surface area (Å²) in [5.41, 5.74) is 0.100. The first kappa shape index (κ1) is 16.3. The van der Waals surface area contributed by atoms with Crippen LogP contribution in [-0.4, -0.2) is 31.1 Å². The molecule has 128 valence electrons. The molecule has 4 aliphatic rings. The van der Waals surface area contributed by atoms with Crippen molar-refractivity contribution in [1.29, 1.82) is 0 Å². The standard InChI is InChI=1S/C17H26N2O4/c1-10(15(21)19-16(22)18-2)23-14(20)9-17-6-11-3-12(7-17)5-13(4-11)8-17/h10-13H,3-9H2,1-2H3,(H2,18,19,21,22)/t10-,11?,12?,13?,17?/m1/s1. The van der Waals surface area contributed by atoms with Crippen LogP contribution in [0.15, 0.2) is 0 Å². The average molecular weight is 322 g/mol. The number of hydrogen-bond donors (Lipinski definition) is 2. The number of carbonyl (C=O) groups excluding carboxylic acids is 3. The zero-order chi connectivity index (χ0) is 16.6. The molecule has 0 radical (unpaired) electrons. The van der Waals surface area contributed by atoms with Crippen LogP contribution in [0.2, 0.25) is 0 Å². The molecule has 3 amide bonds. The summed E-state index contributed by atoms with van der Waals surface area (Å²) >= 11 is 0. The van der Waals surface area contributed by atoms with Crippen LogP contribution in [0.5, 0.6) is 0 Å². The van der Waals surface area contributed by atoms with Crippen molar-refractivity contribution in [2.75, 3.05) is 7.05 Å². The van der Waals surface area contributed by atoms with E-state index in [0.717, 1.165) is 37.0 Å². The van der Waals surface area contributed by atoms with Gasteiger partial charge in [-0.2, -0.15) is 0 Å². The molecule has 4 rings (SSSR count). The highest BCUT2D eigenvalue weighted by molar-refractivity contribution is 5.97. The minimum atomic E-state index is -0.950. The lowest BCUT2D eigenvalue weighted by Crippen LogP contribution is -2.48. The number of nitrogens with one attached hydrogen (secondary N) is 2. The van der Waals surface area contributed by atoms with Crippen LogP contribution in [0, 0.1) is 23.2 Å². The van der Waals surface area contributed by atoms with E-state index in [-0.39, 0.29) is 11.4 Å². The van der Waals surface area contributed by atoms with Crippen molar-refractivity contribution in [3.8, 4) is 0 Å². The summed E-state index contributed by atoms with van der Waals surface area (Å²) in [4.78, 5) is 35.2. The molecule has 0 heterocycles. The second kappa shape index (κ2) is 6.13. The third-order valence-corrected chi connectivity index (χ3v) is 5.83. The van der Waals surface area contributed by atoms with Gasteiger partial charge in [0.25, 0.3) is 5.91 Å². The number of rotatable bonds is 4. The Balaban J connectivity index is 1.53. The fraction of sp³-hybridized carbons (Fsp3) is 0.824. The van der Waals surface area contributed by atoms with Crippen molar-refractivity contribution in [3.63, 3.8) is 0 Å². The van der Waals surface area contributed by atoms with Crippen LogP contribution in [0.3, 0.4) is 0 Å². The molecule has 0 aromatic rings. The molecule has 0 aromatic carbocycles. The number of imide groups is 1. The van der Waals surface area contributed by atoms with Crippen LogP contribution in [0.4, 0.5) is 4.79 Å². The van der Waals surface area contributed by atoms with Crippen molar-refractivity contribution < 1.29 is 19.1 Å². The van der Waals surface area contributed by atoms with Crippen molar-refractivity contribution >= 4 is 17.9 Å². The molecule has 4 saturated carbocycles. The van der Waals surface area contributed by atoms with Gasteiger partial charge in [-0.05, 0) is 68.6 Å². The third-order valence-electron chi connectivity index (χ3n) is 5.83. The molecule has 0 aromatic heterocycles. The molecular weight excluding hydrogens is 296 g/mol. The lowest BCUT2D eigenvalue weighted by molar-refractivity contribution is -0.161. The zero-order valence-electron chi connectivity index (χ0n) is 13.9. The highest BCUT2D eigenvalue weighted by Gasteiger charge is 2.51. The molecule has 23 heavy (non-hydrogen) atoms. The number of amides is 3. The summed E-state index contributed by atoms with van der Waals surface area (Å²) in [6.45, 7) is 1.50. The number of ether oxygens (including phenoxy) is 1. The van der Waals surface area contributed by atoms with E-state index in [1.165, 1.54) is 33.2 Å². The summed E-state index contributed by atoms with van der Waals surface area (Å²) in [7, 11) is 1.42. The van der Waals surface area contributed by atoms with Crippen LogP contribution in [0.1, 0.15) is 51.9 Å². The van der Waals surface area contributed by atoms with Gasteiger partial charge >= 0.3 is 12.0 Å². The predicted octanol–water partition coefficient (Wildman–Crippen LogP) is 1.98. The van der Waals surface area contributed by atoms with E-state index in [0.29, 0.717) is 6.42 Å². The summed E-state index contributed by atoms with van der Waals surface area (Å²) in [5, 5.41) is 4.42. The van der Waals surface area contributed by atoms with E-state index in [9.17, 15) is 14.4 Å². The van der Waals surface area contributed by atoms with Crippen molar-refractivity contribution in [3.05, 3.63) is 0 Å². The molecule has 0 unspecified atom stereocenters. The highest BCUT2D eigenvalue weighted by Crippen LogP contribution is 2.61. The Morgan fingerprint density at radius 3 is 2.09 bits per heavy atom. The van der Waals surface area contributed by atoms with Crippen molar-refractivity contribution in [1.82, 2.24) is 10.6 Å². The van der Waals surface area contributed by atoms with Gasteiger partial charge in [0.05, 0.1) is 6.42 Å². The van der Waals surface area contributed by atoms with E-state index in [2.05, 4.69) is 10.6 Å². The average Bonchev–Trinajstić information content (AvgIpc) is 2.44. The van der Waals surface area contributed by atoms with Gasteiger partial charge in [0, 0.05) is 7.05 Å². The van der Waals surface area contributed by atoms with E-state index in [1.807, 2.05) is 0 Å². The number of urea groups is 1. The smallest absolute Gasteiger partial charge is 0.321 e. The monoisotopic (exact) mass is 322 g/mol. The largest absolute Gasteiger partial charge is 0.453 e. The normalized spacial score (nSPS) is 35.5. The fourth-order valence-corrected chi connectivity index (χ4v) is 5.38. The lowest BCUT2D eigenvalue weighted by Gasteiger charge is -2.56. The maximum absolute atomic E-state index is 12.3. The minimum Gasteiger partial charge on any atom is -0.453 e. The van der Waals surface area contributed by atoms with Gasteiger partial charge in [0.15, 0.2) is 6.10 Å². The first-order valence-corrected chi connectivity index (χ1v) is 8.61. The minimum absolute atomic E-state index is 0.100. The first-order valence-electron chi connectivity index (χ1n) is 8.61. The number of carbonyl (C=O) groups is 3. The maximum atomic E-state index is 12.3. The molecule has 4 bridgehead atoms. The van der Waals surface area contributed by atoms with Crippen LogP contribution in [0.25, 0.3) is 0 Å². The second-order valence-electron chi connectivity index (χ2n) is 7.79. The Morgan fingerprint density at radius 1 is 1.09 bits per heavy atom. The summed E-state index contributed by atoms with van der Waals surface area (Å²) in [6.07, 6.45) is 6.85. The number of hydrogen-bond acceptors (Lipinski definition) is 4.